The van der Waals surface area contributed by atoms with Gasteiger partial charge in [-0.3, -0.25) is 10.2 Å². The first kappa shape index (κ1) is 24.5. The zero-order valence-corrected chi connectivity index (χ0v) is 20.6. The van der Waals surface area contributed by atoms with Crippen LogP contribution < -0.4 is 14.2 Å². The van der Waals surface area contributed by atoms with E-state index in [2.05, 4.69) is 10.1 Å². The number of amidine groups is 2. The van der Waals surface area contributed by atoms with Crippen molar-refractivity contribution in [3.63, 3.8) is 0 Å². The molecule has 12 heteroatoms. The van der Waals surface area contributed by atoms with Crippen molar-refractivity contribution in [1.29, 1.82) is 5.41 Å². The SMILES string of the molecule is CCOc1cc(/C=C2/C(=N)N3N=C(S(C)(=O)=O)SC3=NC2=O)ccc1OCCOc1ccccc1. The predicted molar refractivity (Wildman–Crippen MR) is 135 cm³/mol. The van der Waals surface area contributed by atoms with Crippen LogP contribution in [0.3, 0.4) is 0 Å². The molecule has 2 heterocycles. The largest absolute Gasteiger partial charge is 0.490 e. The Morgan fingerprint density at radius 3 is 2.51 bits per heavy atom. The van der Waals surface area contributed by atoms with E-state index in [0.29, 0.717) is 36.9 Å². The summed E-state index contributed by atoms with van der Waals surface area (Å²) >= 11 is 0.739. The zero-order chi connectivity index (χ0) is 25.0. The van der Waals surface area contributed by atoms with Gasteiger partial charge in [-0.2, -0.15) is 10.0 Å². The summed E-state index contributed by atoms with van der Waals surface area (Å²) < 4.78 is 40.5. The summed E-state index contributed by atoms with van der Waals surface area (Å²) in [4.78, 5) is 16.5. The average molecular weight is 515 g/mol. The van der Waals surface area contributed by atoms with Gasteiger partial charge in [-0.25, -0.2) is 8.42 Å². The fourth-order valence-electron chi connectivity index (χ4n) is 3.12. The minimum atomic E-state index is -3.60. The second-order valence-electron chi connectivity index (χ2n) is 7.31. The molecule has 2 aliphatic heterocycles. The van der Waals surface area contributed by atoms with Gasteiger partial charge in [0.15, 0.2) is 17.3 Å². The highest BCUT2D eigenvalue weighted by Gasteiger charge is 2.38. The third kappa shape index (κ3) is 5.72. The highest BCUT2D eigenvalue weighted by molar-refractivity contribution is 8.42. The maximum absolute atomic E-state index is 12.6. The molecule has 4 rings (SSSR count). The summed E-state index contributed by atoms with van der Waals surface area (Å²) in [5.74, 6) is 0.805. The van der Waals surface area contributed by atoms with Crippen molar-refractivity contribution in [2.24, 2.45) is 10.1 Å². The number of thioether (sulfide) groups is 1. The Bertz CT molecular complexity index is 1350. The van der Waals surface area contributed by atoms with Crippen molar-refractivity contribution in [2.45, 2.75) is 6.92 Å². The van der Waals surface area contributed by atoms with E-state index in [0.717, 1.165) is 28.8 Å². The molecule has 0 radical (unpaired) electrons. The molecule has 0 spiro atoms. The van der Waals surface area contributed by atoms with Crippen LogP contribution >= 0.6 is 11.8 Å². The molecule has 10 nitrogen and oxygen atoms in total. The van der Waals surface area contributed by atoms with Crippen LogP contribution in [0.2, 0.25) is 0 Å². The monoisotopic (exact) mass is 514 g/mol. The Morgan fingerprint density at radius 2 is 1.80 bits per heavy atom. The summed E-state index contributed by atoms with van der Waals surface area (Å²) in [7, 11) is -3.60. The number of rotatable bonds is 8. The molecule has 0 atom stereocenters. The third-order valence-corrected chi connectivity index (χ3v) is 7.26. The quantitative estimate of drug-likeness (QED) is 0.420. The predicted octanol–water partition coefficient (Wildman–Crippen LogP) is 3.16. The summed E-state index contributed by atoms with van der Waals surface area (Å²) in [5.41, 5.74) is 0.549. The highest BCUT2D eigenvalue weighted by Crippen LogP contribution is 2.32. The molecule has 1 N–H and O–H groups in total. The van der Waals surface area contributed by atoms with Crippen molar-refractivity contribution in [2.75, 3.05) is 26.1 Å². The number of amides is 1. The molecule has 0 unspecified atom stereocenters. The number of carbonyl (C=O) groups excluding carboxylic acids is 1. The second-order valence-corrected chi connectivity index (χ2v) is 10.5. The topological polar surface area (TPSA) is 131 Å². The maximum atomic E-state index is 12.6. The van der Waals surface area contributed by atoms with Crippen molar-refractivity contribution in [1.82, 2.24) is 5.01 Å². The van der Waals surface area contributed by atoms with Gasteiger partial charge in [0.2, 0.25) is 19.4 Å². The number of carbonyl (C=O) groups is 1. The van der Waals surface area contributed by atoms with E-state index in [1.807, 2.05) is 37.3 Å². The molecular formula is C23H22N4O6S2. The fraction of sp³-hybridized carbons (Fsp3) is 0.217. The molecule has 35 heavy (non-hydrogen) atoms. The van der Waals surface area contributed by atoms with Gasteiger partial charge in [0.1, 0.15) is 19.0 Å². The van der Waals surface area contributed by atoms with Gasteiger partial charge in [0.05, 0.1) is 12.2 Å². The number of hydrogen-bond acceptors (Lipinski definition) is 9. The number of sulfone groups is 1. The number of hydrazone groups is 1. The molecule has 1 amide bonds. The number of nitrogens with zero attached hydrogens (tertiary/aromatic N) is 3. The van der Waals surface area contributed by atoms with E-state index >= 15 is 0 Å². The second kappa shape index (κ2) is 10.3. The molecule has 0 saturated heterocycles. The Kier molecular flexibility index (Phi) is 7.22. The van der Waals surface area contributed by atoms with Crippen LogP contribution in [0, 0.1) is 5.41 Å². The maximum Gasteiger partial charge on any atom is 0.283 e. The van der Waals surface area contributed by atoms with E-state index in [1.165, 1.54) is 6.08 Å². The van der Waals surface area contributed by atoms with Crippen LogP contribution in [0.4, 0.5) is 0 Å². The lowest BCUT2D eigenvalue weighted by atomic mass is 10.1. The fourth-order valence-corrected chi connectivity index (χ4v) is 4.81. The highest BCUT2D eigenvalue weighted by atomic mass is 32.3. The van der Waals surface area contributed by atoms with E-state index < -0.39 is 15.7 Å². The van der Waals surface area contributed by atoms with Crippen LogP contribution in [0.25, 0.3) is 6.08 Å². The molecule has 2 aliphatic rings. The lowest BCUT2D eigenvalue weighted by Crippen LogP contribution is -2.35. The van der Waals surface area contributed by atoms with Gasteiger partial charge < -0.3 is 14.2 Å². The van der Waals surface area contributed by atoms with Crippen LogP contribution in [0.5, 0.6) is 17.2 Å². The van der Waals surface area contributed by atoms with E-state index in [-0.39, 0.29) is 21.0 Å². The summed E-state index contributed by atoms with van der Waals surface area (Å²) in [6.45, 7) is 2.88. The number of aliphatic imine (C=N–C) groups is 1. The molecular weight excluding hydrogens is 492 g/mol. The van der Waals surface area contributed by atoms with Gasteiger partial charge in [-0.05, 0) is 54.6 Å². The smallest absolute Gasteiger partial charge is 0.283 e. The van der Waals surface area contributed by atoms with Crippen LogP contribution in [0.1, 0.15) is 12.5 Å². The Morgan fingerprint density at radius 1 is 1.06 bits per heavy atom. The first-order valence-electron chi connectivity index (χ1n) is 10.5. The average Bonchev–Trinajstić information content (AvgIpc) is 3.26. The molecule has 0 bridgehead atoms. The van der Waals surface area contributed by atoms with Crippen LogP contribution in [-0.2, 0) is 14.6 Å². The number of hydrogen-bond donors (Lipinski definition) is 1. The van der Waals surface area contributed by atoms with E-state index in [9.17, 15) is 13.2 Å². The number of ether oxygens (including phenoxy) is 3. The summed E-state index contributed by atoms with van der Waals surface area (Å²) in [5, 5.41) is 13.4. The number of fused-ring (bicyclic) bond motifs is 1. The number of benzene rings is 2. The normalized spacial score (nSPS) is 16.6. The zero-order valence-electron chi connectivity index (χ0n) is 18.9. The van der Waals surface area contributed by atoms with Crippen LogP contribution in [-0.4, -0.2) is 60.8 Å². The number of nitrogens with one attached hydrogen (secondary N) is 1. The first-order chi connectivity index (χ1) is 16.8. The van der Waals surface area contributed by atoms with Crippen LogP contribution in [0.15, 0.2) is 64.2 Å². The summed E-state index contributed by atoms with van der Waals surface area (Å²) in [6.07, 6.45) is 2.49. The van der Waals surface area contributed by atoms with Crippen molar-refractivity contribution < 1.29 is 27.4 Å². The first-order valence-corrected chi connectivity index (χ1v) is 13.2. The Hall–Kier alpha value is -3.64. The Labute approximate surface area is 206 Å². The standard InChI is InChI=1S/C23H22N4O6S2/c1-3-31-19-14-15(9-10-18(19)33-12-11-32-16-7-5-4-6-8-16)13-17-20(24)27-22(25-21(17)28)34-23(26-27)35(2,29)30/h4-10,13-14,24H,3,11-12H2,1-2H3/b17-13-,24-20?. The van der Waals surface area contributed by atoms with E-state index in [4.69, 9.17) is 19.6 Å². The molecule has 182 valence electrons. The van der Waals surface area contributed by atoms with Gasteiger partial charge in [0.25, 0.3) is 5.91 Å². The van der Waals surface area contributed by atoms with E-state index in [1.54, 1.807) is 18.2 Å². The molecule has 0 fully saturated rings. The van der Waals surface area contributed by atoms with Crippen molar-refractivity contribution >= 4 is 49.0 Å². The molecule has 2 aromatic rings. The Balaban J connectivity index is 1.50. The summed E-state index contributed by atoms with van der Waals surface area (Å²) in [6, 6.07) is 14.5. The minimum absolute atomic E-state index is 0.0276. The van der Waals surface area contributed by atoms with Crippen molar-refractivity contribution in [3.05, 3.63) is 59.7 Å². The van der Waals surface area contributed by atoms with Gasteiger partial charge in [0, 0.05) is 6.26 Å². The lowest BCUT2D eigenvalue weighted by Gasteiger charge is -2.20. The molecule has 0 saturated carbocycles. The molecule has 2 aromatic carbocycles. The van der Waals surface area contributed by atoms with Gasteiger partial charge >= 0.3 is 0 Å². The number of para-hydroxylation sites is 1. The molecule has 0 aliphatic carbocycles. The molecule has 0 aromatic heterocycles. The van der Waals surface area contributed by atoms with Gasteiger partial charge in [-0.1, -0.05) is 24.3 Å². The third-order valence-electron chi connectivity index (χ3n) is 4.68. The van der Waals surface area contributed by atoms with Crippen molar-refractivity contribution in [3.8, 4) is 17.2 Å². The lowest BCUT2D eigenvalue weighted by molar-refractivity contribution is -0.114. The van der Waals surface area contributed by atoms with Gasteiger partial charge in [-0.15, -0.1) is 5.10 Å². The minimum Gasteiger partial charge on any atom is -0.490 e.